The number of pyridine rings is 1. The van der Waals surface area contributed by atoms with E-state index in [0.717, 1.165) is 78.4 Å². The van der Waals surface area contributed by atoms with E-state index >= 15 is 0 Å². The van der Waals surface area contributed by atoms with Crippen molar-refractivity contribution in [1.82, 2.24) is 9.55 Å². The van der Waals surface area contributed by atoms with Crippen molar-refractivity contribution >= 4 is 66.4 Å². The summed E-state index contributed by atoms with van der Waals surface area (Å²) in [5.74, 6) is 0.871. The summed E-state index contributed by atoms with van der Waals surface area (Å²) in [5, 5.41) is 3.31. The van der Waals surface area contributed by atoms with E-state index in [4.69, 9.17) is 4.98 Å². The maximum absolute atomic E-state index is 4.78. The molecule has 0 bridgehead atoms. The van der Waals surface area contributed by atoms with Crippen molar-refractivity contribution in [2.45, 2.75) is 0 Å². The number of thiophene rings is 1. The molecule has 4 heterocycles. The number of para-hydroxylation sites is 3. The van der Waals surface area contributed by atoms with Crippen LogP contribution in [0.2, 0.25) is 0 Å². The van der Waals surface area contributed by atoms with E-state index in [1.807, 2.05) is 18.3 Å². The third-order valence-electron chi connectivity index (χ3n) is 9.78. The van der Waals surface area contributed by atoms with Gasteiger partial charge in [0, 0.05) is 49.0 Å². The number of benzene rings is 6. The van der Waals surface area contributed by atoms with Gasteiger partial charge < -0.3 is 14.4 Å². The van der Waals surface area contributed by atoms with Crippen LogP contribution < -0.4 is 9.80 Å². The number of rotatable bonds is 7. The second-order valence-electron chi connectivity index (χ2n) is 12.9. The second-order valence-corrected chi connectivity index (χ2v) is 13.8. The smallest absolute Gasteiger partial charge is 0.136 e. The minimum Gasteiger partial charge on any atom is -0.488 e. The summed E-state index contributed by atoms with van der Waals surface area (Å²) in [4.78, 5) is 9.26. The predicted molar refractivity (Wildman–Crippen MR) is 220 cm³/mol. The van der Waals surface area contributed by atoms with Crippen molar-refractivity contribution < 1.29 is 21.1 Å². The van der Waals surface area contributed by atoms with E-state index in [1.165, 1.54) is 4.70 Å². The summed E-state index contributed by atoms with van der Waals surface area (Å²) in [6, 6.07) is 67.4. The normalized spacial score (nSPS) is 12.1. The zero-order chi connectivity index (χ0) is 35.1. The Bertz CT molecular complexity index is 2720. The van der Waals surface area contributed by atoms with Crippen molar-refractivity contribution in [1.29, 1.82) is 0 Å². The molecule has 4 nitrogen and oxygen atoms in total. The first kappa shape index (κ1) is 33.8. The summed E-state index contributed by atoms with van der Waals surface area (Å²) in [5.41, 5.74) is 12.8. The summed E-state index contributed by atoms with van der Waals surface area (Å²) in [6.07, 6.45) is 1.85. The van der Waals surface area contributed by atoms with Gasteiger partial charge in [-0.1, -0.05) is 108 Å². The molecule has 262 valence electrons. The molecular formula is C48H31N4PtS-3. The summed E-state index contributed by atoms with van der Waals surface area (Å²) < 4.78 is 3.46. The molecular weight excluding hydrogens is 860 g/mol. The number of anilines is 4. The van der Waals surface area contributed by atoms with Crippen LogP contribution in [0.1, 0.15) is 22.3 Å². The van der Waals surface area contributed by atoms with Crippen LogP contribution in [0.4, 0.5) is 22.7 Å². The molecule has 0 radical (unpaired) electrons. The quantitative estimate of drug-likeness (QED) is 0.118. The maximum Gasteiger partial charge on any atom is 0.136 e. The standard InChI is InChI=1S/C48H31N4S.Pt/c1-4-15-34(16-5-1)46(35-17-6-2-7-18-35)47(37-26-27-40-44(32-37)52(43-28-30-53-48(40)43)45-25-12-13-29-49-45)36-19-14-22-39(31-36)51-33-50(38-20-8-3-9-21-38)41-23-10-11-24-42(41)51;/h1-30,33H;/q-3;. The molecule has 0 amide bonds. The number of hydrogen-bond acceptors (Lipinski definition) is 4. The van der Waals surface area contributed by atoms with Crippen molar-refractivity contribution in [3.8, 4) is 5.82 Å². The Morgan fingerprint density at radius 3 is 1.91 bits per heavy atom. The second kappa shape index (κ2) is 14.4. The molecule has 1 aliphatic heterocycles. The van der Waals surface area contributed by atoms with Crippen molar-refractivity contribution in [3.05, 3.63) is 222 Å². The average molecular weight is 891 g/mol. The molecule has 6 aromatic carbocycles. The number of aromatic nitrogens is 2. The monoisotopic (exact) mass is 890 g/mol. The first-order valence-corrected chi connectivity index (χ1v) is 18.5. The third kappa shape index (κ3) is 5.87. The summed E-state index contributed by atoms with van der Waals surface area (Å²) in [7, 11) is 0. The third-order valence-corrected chi connectivity index (χ3v) is 10.7. The van der Waals surface area contributed by atoms with Crippen LogP contribution in [-0.2, 0) is 21.1 Å². The van der Waals surface area contributed by atoms with Crippen LogP contribution >= 0.6 is 11.3 Å². The fourth-order valence-corrected chi connectivity index (χ4v) is 8.34. The Morgan fingerprint density at radius 2 is 1.20 bits per heavy atom. The number of fused-ring (bicyclic) bond motifs is 4. The zero-order valence-electron chi connectivity index (χ0n) is 28.9. The summed E-state index contributed by atoms with van der Waals surface area (Å²) in [6.45, 7) is 2.17. The molecule has 0 fully saturated rings. The van der Waals surface area contributed by atoms with E-state index in [-0.39, 0.29) is 21.1 Å². The minimum absolute atomic E-state index is 0. The largest absolute Gasteiger partial charge is 0.488 e. The first-order chi connectivity index (χ1) is 26.3. The molecule has 0 aliphatic carbocycles. The van der Waals surface area contributed by atoms with E-state index in [2.05, 4.69) is 196 Å². The SMILES string of the molecule is [Pt].[c-]1c(C(=C(c2ccccc2)c2ccccc2)c2[c-]c3c(cc2)c2sccc2n3-c2ccccn2)cccc1N1[CH-]N(c2ccccc2)c2ccccc21. The Balaban J connectivity index is 0.00000384. The number of nitrogens with zero attached hydrogens (tertiary/aromatic N) is 4. The van der Waals surface area contributed by atoms with Gasteiger partial charge in [-0.15, -0.1) is 65.8 Å². The molecule has 10 rings (SSSR count). The molecule has 6 heteroatoms. The molecule has 9 aromatic rings. The van der Waals surface area contributed by atoms with E-state index in [1.54, 1.807) is 11.3 Å². The van der Waals surface area contributed by atoms with Gasteiger partial charge in [-0.25, -0.2) is 4.98 Å². The fraction of sp³-hybridized carbons (Fsp3) is 0. The Kier molecular flexibility index (Phi) is 9.04. The van der Waals surface area contributed by atoms with Gasteiger partial charge in [0.25, 0.3) is 0 Å². The van der Waals surface area contributed by atoms with Crippen LogP contribution in [0, 0.1) is 18.8 Å². The average Bonchev–Trinajstić information content (AvgIpc) is 3.94. The minimum atomic E-state index is 0. The van der Waals surface area contributed by atoms with Crippen LogP contribution in [0.5, 0.6) is 0 Å². The molecule has 0 saturated carbocycles. The fourth-order valence-electron chi connectivity index (χ4n) is 7.43. The molecule has 54 heavy (non-hydrogen) atoms. The van der Waals surface area contributed by atoms with Gasteiger partial charge in [-0.05, 0) is 70.1 Å². The van der Waals surface area contributed by atoms with Crippen LogP contribution in [0.25, 0.3) is 38.1 Å². The van der Waals surface area contributed by atoms with Gasteiger partial charge in [-0.2, -0.15) is 11.3 Å². The number of hydrogen-bond donors (Lipinski definition) is 0. The Morgan fingerprint density at radius 1 is 0.556 bits per heavy atom. The van der Waals surface area contributed by atoms with Crippen molar-refractivity contribution in [3.63, 3.8) is 0 Å². The Hall–Kier alpha value is -6.00. The molecule has 0 unspecified atom stereocenters. The molecule has 0 atom stereocenters. The maximum atomic E-state index is 4.78. The van der Waals surface area contributed by atoms with E-state index in [0.29, 0.717) is 0 Å². The predicted octanol–water partition coefficient (Wildman–Crippen LogP) is 12.3. The van der Waals surface area contributed by atoms with Gasteiger partial charge in [0.15, 0.2) is 0 Å². The van der Waals surface area contributed by atoms with Crippen molar-refractivity contribution in [2.24, 2.45) is 0 Å². The Labute approximate surface area is 333 Å². The molecule has 3 aromatic heterocycles. The van der Waals surface area contributed by atoms with E-state index in [9.17, 15) is 0 Å². The van der Waals surface area contributed by atoms with Gasteiger partial charge in [0.2, 0.25) is 0 Å². The van der Waals surface area contributed by atoms with Crippen molar-refractivity contribution in [2.75, 3.05) is 9.80 Å². The van der Waals surface area contributed by atoms with Crippen LogP contribution in [0.15, 0.2) is 181 Å². The van der Waals surface area contributed by atoms with Gasteiger partial charge >= 0.3 is 0 Å². The van der Waals surface area contributed by atoms with Gasteiger partial charge in [0.1, 0.15) is 5.82 Å². The first-order valence-electron chi connectivity index (χ1n) is 17.6. The molecule has 0 saturated heterocycles. The molecule has 1 aliphatic rings. The van der Waals surface area contributed by atoms with Crippen LogP contribution in [-0.4, -0.2) is 9.55 Å². The van der Waals surface area contributed by atoms with Gasteiger partial charge in [0.05, 0.1) is 5.52 Å². The molecule has 0 N–H and O–H groups in total. The van der Waals surface area contributed by atoms with Crippen LogP contribution in [0.3, 0.4) is 0 Å². The topological polar surface area (TPSA) is 24.3 Å². The van der Waals surface area contributed by atoms with E-state index < -0.39 is 0 Å². The van der Waals surface area contributed by atoms with Gasteiger partial charge in [-0.3, -0.25) is 0 Å². The summed E-state index contributed by atoms with van der Waals surface area (Å²) >= 11 is 1.75. The zero-order valence-corrected chi connectivity index (χ0v) is 32.0. The molecule has 0 spiro atoms.